The van der Waals surface area contributed by atoms with Gasteiger partial charge >= 0.3 is 57.4 Å². The molecule has 2 atom stereocenters. The largest absolute Gasteiger partial charge is 1.00 e. The molecule has 0 spiro atoms. The maximum Gasteiger partial charge on any atom is 1.00 e. The van der Waals surface area contributed by atoms with Crippen LogP contribution in [0.4, 0.5) is 0 Å². The van der Waals surface area contributed by atoms with Gasteiger partial charge in [-0.05, 0) is 6.92 Å². The number of epoxide rings is 1. The first-order valence-corrected chi connectivity index (χ1v) is 3.19. The molecule has 1 fully saturated rings. The zero-order valence-corrected chi connectivity index (χ0v) is 10.0. The van der Waals surface area contributed by atoms with Crippen LogP contribution in [0, 0.1) is 0 Å². The Morgan fingerprint density at radius 3 is 2.42 bits per heavy atom. The molecular formula is C6H7KO5. The van der Waals surface area contributed by atoms with Crippen LogP contribution in [0.3, 0.4) is 0 Å². The van der Waals surface area contributed by atoms with Crippen LogP contribution >= 0.6 is 0 Å². The summed E-state index contributed by atoms with van der Waals surface area (Å²) in [6, 6.07) is 0. The molecule has 0 aromatic rings. The molecule has 1 aliphatic rings. The molecule has 0 unspecified atom stereocenters. The SMILES string of the molecule is CCOC(=O)[C@@H]1O[C@H]1C(=O)[O-].[K+]. The van der Waals surface area contributed by atoms with Crippen molar-refractivity contribution in [3.05, 3.63) is 0 Å². The van der Waals surface area contributed by atoms with E-state index in [4.69, 9.17) is 0 Å². The van der Waals surface area contributed by atoms with Crippen molar-refractivity contribution in [3.8, 4) is 0 Å². The van der Waals surface area contributed by atoms with Gasteiger partial charge < -0.3 is 19.4 Å². The van der Waals surface area contributed by atoms with Crippen LogP contribution in [-0.2, 0) is 19.1 Å². The number of carbonyl (C=O) groups excluding carboxylic acids is 2. The molecule has 0 N–H and O–H groups in total. The predicted octanol–water partition coefficient (Wildman–Crippen LogP) is -4.93. The van der Waals surface area contributed by atoms with Gasteiger partial charge in [-0.25, -0.2) is 4.79 Å². The number of esters is 1. The summed E-state index contributed by atoms with van der Waals surface area (Å²) in [6.45, 7) is 1.85. The maximum absolute atomic E-state index is 10.7. The molecule has 62 valence electrons. The fourth-order valence-corrected chi connectivity index (χ4v) is 0.695. The second-order valence-corrected chi connectivity index (χ2v) is 2.05. The van der Waals surface area contributed by atoms with Gasteiger partial charge in [0.25, 0.3) is 0 Å². The van der Waals surface area contributed by atoms with Crippen LogP contribution in [0.1, 0.15) is 6.92 Å². The summed E-state index contributed by atoms with van der Waals surface area (Å²) in [7, 11) is 0. The zero-order valence-electron chi connectivity index (χ0n) is 6.90. The first-order valence-electron chi connectivity index (χ1n) is 3.19. The van der Waals surface area contributed by atoms with E-state index in [-0.39, 0.29) is 58.0 Å². The number of rotatable bonds is 3. The van der Waals surface area contributed by atoms with Crippen LogP contribution in [-0.4, -0.2) is 30.8 Å². The van der Waals surface area contributed by atoms with Gasteiger partial charge in [0.2, 0.25) is 0 Å². The predicted molar refractivity (Wildman–Crippen MR) is 30.3 cm³/mol. The van der Waals surface area contributed by atoms with E-state index in [1.54, 1.807) is 6.92 Å². The molecule has 1 aliphatic heterocycles. The van der Waals surface area contributed by atoms with Crippen LogP contribution in [0.2, 0.25) is 0 Å². The smallest absolute Gasteiger partial charge is 0.547 e. The Morgan fingerprint density at radius 1 is 1.50 bits per heavy atom. The van der Waals surface area contributed by atoms with Crippen molar-refractivity contribution in [1.82, 2.24) is 0 Å². The molecule has 12 heavy (non-hydrogen) atoms. The standard InChI is InChI=1S/C6H8O5.K/c1-2-10-6(9)4-3(11-4)5(7)8;/h3-4H,2H2,1H3,(H,7,8);/q;+1/p-1/t3-,4-;/m1./s1. The quantitative estimate of drug-likeness (QED) is 0.258. The summed E-state index contributed by atoms with van der Waals surface area (Å²) in [5.74, 6) is -2.01. The number of aliphatic carboxylic acids is 1. The van der Waals surface area contributed by atoms with E-state index in [1.165, 1.54) is 0 Å². The molecule has 0 aromatic carbocycles. The normalized spacial score (nSPS) is 25.4. The second kappa shape index (κ2) is 5.31. The van der Waals surface area contributed by atoms with Crippen molar-refractivity contribution >= 4 is 11.9 Å². The minimum Gasteiger partial charge on any atom is -0.547 e. The summed E-state index contributed by atoms with van der Waals surface area (Å²) in [5, 5.41) is 10.0. The summed E-state index contributed by atoms with van der Waals surface area (Å²) in [4.78, 5) is 20.7. The summed E-state index contributed by atoms with van der Waals surface area (Å²) >= 11 is 0. The number of ether oxygens (including phenoxy) is 2. The Bertz CT molecular complexity index is 192. The van der Waals surface area contributed by atoms with Crippen molar-refractivity contribution in [3.63, 3.8) is 0 Å². The number of carbonyl (C=O) groups is 2. The molecular weight excluding hydrogens is 191 g/mol. The molecule has 0 bridgehead atoms. The number of hydrogen-bond donors (Lipinski definition) is 0. The Balaban J connectivity index is 0.00000121. The fourth-order valence-electron chi connectivity index (χ4n) is 0.695. The van der Waals surface area contributed by atoms with Crippen molar-refractivity contribution in [1.29, 1.82) is 0 Å². The molecule has 0 amide bonds. The van der Waals surface area contributed by atoms with Crippen LogP contribution < -0.4 is 56.5 Å². The van der Waals surface area contributed by atoms with E-state index >= 15 is 0 Å². The van der Waals surface area contributed by atoms with Gasteiger partial charge in [0.15, 0.2) is 6.10 Å². The summed E-state index contributed by atoms with van der Waals surface area (Å²) < 4.78 is 8.95. The third-order valence-corrected chi connectivity index (χ3v) is 1.24. The van der Waals surface area contributed by atoms with E-state index in [0.717, 1.165) is 0 Å². The Kier molecular flexibility index (Phi) is 5.54. The third-order valence-electron chi connectivity index (χ3n) is 1.24. The minimum absolute atomic E-state index is 0. The van der Waals surface area contributed by atoms with E-state index in [9.17, 15) is 14.7 Å². The van der Waals surface area contributed by atoms with E-state index < -0.39 is 24.1 Å². The maximum atomic E-state index is 10.7. The first kappa shape index (κ1) is 12.5. The van der Waals surface area contributed by atoms with Crippen LogP contribution in [0.15, 0.2) is 0 Å². The molecule has 1 rings (SSSR count). The average molecular weight is 198 g/mol. The number of carboxylic acids is 1. The van der Waals surface area contributed by atoms with Crippen molar-refractivity contribution in [2.24, 2.45) is 0 Å². The van der Waals surface area contributed by atoms with E-state index in [0.29, 0.717) is 0 Å². The van der Waals surface area contributed by atoms with E-state index in [1.807, 2.05) is 0 Å². The number of carboxylic acid groups (broad SMARTS) is 1. The topological polar surface area (TPSA) is 79.0 Å². The van der Waals surface area contributed by atoms with Gasteiger partial charge in [-0.15, -0.1) is 0 Å². The molecule has 5 nitrogen and oxygen atoms in total. The van der Waals surface area contributed by atoms with Gasteiger partial charge in [-0.3, -0.25) is 0 Å². The molecule has 6 heteroatoms. The summed E-state index contributed by atoms with van der Waals surface area (Å²) in [5.41, 5.74) is 0. The van der Waals surface area contributed by atoms with Crippen molar-refractivity contribution < 1.29 is 75.6 Å². The van der Waals surface area contributed by atoms with Gasteiger partial charge in [0.1, 0.15) is 6.10 Å². The first-order chi connectivity index (χ1) is 5.16. The Morgan fingerprint density at radius 2 is 2.08 bits per heavy atom. The van der Waals surface area contributed by atoms with Crippen molar-refractivity contribution in [2.75, 3.05) is 6.61 Å². The summed E-state index contributed by atoms with van der Waals surface area (Å²) in [6.07, 6.45) is -2.05. The van der Waals surface area contributed by atoms with Crippen LogP contribution in [0.25, 0.3) is 0 Å². The van der Waals surface area contributed by atoms with Gasteiger partial charge in [0.05, 0.1) is 12.6 Å². The monoisotopic (exact) mass is 198 g/mol. The van der Waals surface area contributed by atoms with Crippen LogP contribution in [0.5, 0.6) is 0 Å². The van der Waals surface area contributed by atoms with E-state index in [2.05, 4.69) is 9.47 Å². The molecule has 0 aromatic heterocycles. The molecule has 0 radical (unpaired) electrons. The average Bonchev–Trinajstić information content (AvgIpc) is 2.65. The fraction of sp³-hybridized carbons (Fsp3) is 0.667. The molecule has 1 saturated heterocycles. The Labute approximate surface area is 112 Å². The number of hydrogen-bond acceptors (Lipinski definition) is 5. The zero-order chi connectivity index (χ0) is 8.43. The van der Waals surface area contributed by atoms with Gasteiger partial charge in [-0.1, -0.05) is 0 Å². The molecule has 0 saturated carbocycles. The minimum atomic E-state index is -1.37. The Hall–Kier alpha value is 0.536. The third kappa shape index (κ3) is 3.12. The second-order valence-electron chi connectivity index (χ2n) is 2.05. The van der Waals surface area contributed by atoms with Crippen molar-refractivity contribution in [2.45, 2.75) is 19.1 Å². The van der Waals surface area contributed by atoms with Gasteiger partial charge in [0, 0.05) is 0 Å². The molecule has 1 heterocycles. The van der Waals surface area contributed by atoms with Gasteiger partial charge in [-0.2, -0.15) is 0 Å². The molecule has 0 aliphatic carbocycles.